The van der Waals surface area contributed by atoms with Crippen molar-refractivity contribution in [1.82, 2.24) is 4.90 Å². The van der Waals surface area contributed by atoms with E-state index >= 15 is 0 Å². The molecule has 1 atom stereocenters. The van der Waals surface area contributed by atoms with E-state index in [1.54, 1.807) is 6.07 Å². The molecular formula is C12H16BrNO2. The summed E-state index contributed by atoms with van der Waals surface area (Å²) in [7, 11) is 0. The lowest BCUT2D eigenvalue weighted by Gasteiger charge is -2.31. The van der Waals surface area contributed by atoms with Gasteiger partial charge in [0.1, 0.15) is 5.75 Å². The van der Waals surface area contributed by atoms with Gasteiger partial charge >= 0.3 is 0 Å². The van der Waals surface area contributed by atoms with Crippen molar-refractivity contribution in [1.29, 1.82) is 0 Å². The highest BCUT2D eigenvalue weighted by molar-refractivity contribution is 9.10. The fourth-order valence-corrected chi connectivity index (χ4v) is 2.37. The topological polar surface area (TPSA) is 32.7 Å². The highest BCUT2D eigenvalue weighted by atomic mass is 79.9. The predicted molar refractivity (Wildman–Crippen MR) is 66.5 cm³/mol. The van der Waals surface area contributed by atoms with Crippen molar-refractivity contribution in [2.24, 2.45) is 0 Å². The predicted octanol–water partition coefficient (Wildman–Crippen LogP) is 2.38. The van der Waals surface area contributed by atoms with Crippen LogP contribution in [0.3, 0.4) is 0 Å². The quantitative estimate of drug-likeness (QED) is 0.906. The Morgan fingerprint density at radius 2 is 2.38 bits per heavy atom. The summed E-state index contributed by atoms with van der Waals surface area (Å²) < 4.78 is 6.25. The second kappa shape index (κ2) is 5.17. The van der Waals surface area contributed by atoms with Gasteiger partial charge in [-0.3, -0.25) is 4.90 Å². The van der Waals surface area contributed by atoms with Crippen LogP contribution in [0.4, 0.5) is 0 Å². The SMILES string of the molecule is CC1CN(Cc2ccc(O)c(Br)c2)CCO1. The summed E-state index contributed by atoms with van der Waals surface area (Å²) >= 11 is 3.33. The molecule has 88 valence electrons. The molecule has 0 spiro atoms. The maximum absolute atomic E-state index is 9.41. The van der Waals surface area contributed by atoms with Crippen molar-refractivity contribution in [3.63, 3.8) is 0 Å². The van der Waals surface area contributed by atoms with Gasteiger partial charge in [-0.2, -0.15) is 0 Å². The number of nitrogens with zero attached hydrogens (tertiary/aromatic N) is 1. The van der Waals surface area contributed by atoms with E-state index in [9.17, 15) is 5.11 Å². The smallest absolute Gasteiger partial charge is 0.129 e. The van der Waals surface area contributed by atoms with Gasteiger partial charge in [-0.1, -0.05) is 6.07 Å². The summed E-state index contributed by atoms with van der Waals surface area (Å²) in [5.41, 5.74) is 1.21. The highest BCUT2D eigenvalue weighted by Gasteiger charge is 2.16. The van der Waals surface area contributed by atoms with Crippen molar-refractivity contribution < 1.29 is 9.84 Å². The molecule has 2 rings (SSSR count). The molecule has 1 heterocycles. The summed E-state index contributed by atoms with van der Waals surface area (Å²) in [5, 5.41) is 9.41. The number of aromatic hydroxyl groups is 1. The molecule has 1 aromatic carbocycles. The number of morpholine rings is 1. The van der Waals surface area contributed by atoms with E-state index in [1.165, 1.54) is 5.56 Å². The van der Waals surface area contributed by atoms with Gasteiger partial charge in [-0.05, 0) is 40.5 Å². The third-order valence-corrected chi connectivity index (χ3v) is 3.38. The first-order chi connectivity index (χ1) is 7.65. The third-order valence-electron chi connectivity index (χ3n) is 2.74. The molecule has 0 amide bonds. The summed E-state index contributed by atoms with van der Waals surface area (Å²) in [5.74, 6) is 0.291. The highest BCUT2D eigenvalue weighted by Crippen LogP contribution is 2.25. The van der Waals surface area contributed by atoms with Crippen LogP contribution < -0.4 is 0 Å². The Morgan fingerprint density at radius 3 is 3.06 bits per heavy atom. The molecule has 1 saturated heterocycles. The van der Waals surface area contributed by atoms with Gasteiger partial charge in [0.25, 0.3) is 0 Å². The van der Waals surface area contributed by atoms with Crippen LogP contribution >= 0.6 is 15.9 Å². The van der Waals surface area contributed by atoms with E-state index in [4.69, 9.17) is 4.74 Å². The maximum Gasteiger partial charge on any atom is 0.129 e. The van der Waals surface area contributed by atoms with E-state index in [-0.39, 0.29) is 0 Å². The molecule has 1 aliphatic rings. The van der Waals surface area contributed by atoms with E-state index in [1.807, 2.05) is 12.1 Å². The molecule has 1 aromatic rings. The number of benzene rings is 1. The second-order valence-corrected chi connectivity index (χ2v) is 5.06. The van der Waals surface area contributed by atoms with Crippen LogP contribution in [-0.2, 0) is 11.3 Å². The molecule has 1 fully saturated rings. The Bertz CT molecular complexity index is 370. The van der Waals surface area contributed by atoms with Crippen molar-refractivity contribution >= 4 is 15.9 Å². The molecular weight excluding hydrogens is 270 g/mol. The van der Waals surface area contributed by atoms with E-state index < -0.39 is 0 Å². The Labute approximate surface area is 104 Å². The van der Waals surface area contributed by atoms with Crippen molar-refractivity contribution in [2.45, 2.75) is 19.6 Å². The van der Waals surface area contributed by atoms with Gasteiger partial charge in [0.2, 0.25) is 0 Å². The molecule has 1 N–H and O–H groups in total. The Hall–Kier alpha value is -0.580. The van der Waals surface area contributed by atoms with Gasteiger partial charge in [0, 0.05) is 19.6 Å². The number of phenolic OH excluding ortho intramolecular Hbond substituents is 1. The van der Waals surface area contributed by atoms with Gasteiger partial charge in [0.05, 0.1) is 17.2 Å². The number of phenols is 1. The summed E-state index contributed by atoms with van der Waals surface area (Å²) in [6, 6.07) is 5.65. The minimum Gasteiger partial charge on any atom is -0.507 e. The second-order valence-electron chi connectivity index (χ2n) is 4.20. The van der Waals surface area contributed by atoms with Crippen molar-refractivity contribution in [3.8, 4) is 5.75 Å². The maximum atomic E-state index is 9.41. The average molecular weight is 286 g/mol. The lowest BCUT2D eigenvalue weighted by molar-refractivity contribution is -0.0212. The fourth-order valence-electron chi connectivity index (χ4n) is 1.94. The Kier molecular flexibility index (Phi) is 3.84. The normalized spacial score (nSPS) is 22.2. The van der Waals surface area contributed by atoms with Crippen LogP contribution in [-0.4, -0.2) is 35.8 Å². The zero-order chi connectivity index (χ0) is 11.5. The molecule has 4 heteroatoms. The van der Waals surface area contributed by atoms with Gasteiger partial charge in [-0.15, -0.1) is 0 Å². The molecule has 1 unspecified atom stereocenters. The largest absolute Gasteiger partial charge is 0.507 e. The summed E-state index contributed by atoms with van der Waals surface area (Å²) in [4.78, 5) is 2.37. The molecule has 0 bridgehead atoms. The van der Waals surface area contributed by atoms with Crippen molar-refractivity contribution in [2.75, 3.05) is 19.7 Å². The minimum absolute atomic E-state index is 0.291. The standard InChI is InChI=1S/C12H16BrNO2/c1-9-7-14(4-5-16-9)8-10-2-3-12(15)11(13)6-10/h2-3,6,9,15H,4-5,7-8H2,1H3. The van der Waals surface area contributed by atoms with E-state index in [2.05, 4.69) is 27.8 Å². The first kappa shape index (κ1) is 11.9. The van der Waals surface area contributed by atoms with Crippen LogP contribution in [0.15, 0.2) is 22.7 Å². The summed E-state index contributed by atoms with van der Waals surface area (Å²) in [6.07, 6.45) is 0.314. The molecule has 16 heavy (non-hydrogen) atoms. The molecule has 0 radical (unpaired) electrons. The molecule has 1 aliphatic heterocycles. The van der Waals surface area contributed by atoms with Gasteiger partial charge in [0.15, 0.2) is 0 Å². The average Bonchev–Trinajstić information content (AvgIpc) is 2.24. The Morgan fingerprint density at radius 1 is 1.56 bits per heavy atom. The summed E-state index contributed by atoms with van der Waals surface area (Å²) in [6.45, 7) is 5.76. The monoisotopic (exact) mass is 285 g/mol. The number of rotatable bonds is 2. The van der Waals surface area contributed by atoms with Crippen LogP contribution in [0.2, 0.25) is 0 Å². The zero-order valence-corrected chi connectivity index (χ0v) is 10.9. The first-order valence-corrected chi connectivity index (χ1v) is 6.26. The molecule has 0 aromatic heterocycles. The van der Waals surface area contributed by atoms with Crippen LogP contribution in [0.1, 0.15) is 12.5 Å². The number of ether oxygens (including phenoxy) is 1. The van der Waals surface area contributed by atoms with E-state index in [0.29, 0.717) is 11.9 Å². The van der Waals surface area contributed by atoms with E-state index in [0.717, 1.165) is 30.7 Å². The lowest BCUT2D eigenvalue weighted by Crippen LogP contribution is -2.40. The van der Waals surface area contributed by atoms with Crippen LogP contribution in [0.25, 0.3) is 0 Å². The number of hydrogen-bond acceptors (Lipinski definition) is 3. The fraction of sp³-hybridized carbons (Fsp3) is 0.500. The molecule has 0 saturated carbocycles. The third kappa shape index (κ3) is 2.97. The van der Waals surface area contributed by atoms with Crippen LogP contribution in [0, 0.1) is 0 Å². The van der Waals surface area contributed by atoms with Gasteiger partial charge < -0.3 is 9.84 Å². The van der Waals surface area contributed by atoms with Gasteiger partial charge in [-0.25, -0.2) is 0 Å². The lowest BCUT2D eigenvalue weighted by atomic mass is 10.2. The van der Waals surface area contributed by atoms with Crippen LogP contribution in [0.5, 0.6) is 5.75 Å². The molecule has 0 aliphatic carbocycles. The first-order valence-electron chi connectivity index (χ1n) is 5.46. The Balaban J connectivity index is 2.00. The minimum atomic E-state index is 0.291. The molecule has 3 nitrogen and oxygen atoms in total. The number of halogens is 1. The van der Waals surface area contributed by atoms with Crippen molar-refractivity contribution in [3.05, 3.63) is 28.2 Å². The number of hydrogen-bond donors (Lipinski definition) is 1. The zero-order valence-electron chi connectivity index (χ0n) is 9.32.